The smallest absolute Gasteiger partial charge is 0.254 e. The highest BCUT2D eigenvalue weighted by atomic mass is 32.2. The van der Waals surface area contributed by atoms with E-state index in [2.05, 4.69) is 20.3 Å². The van der Waals surface area contributed by atoms with Crippen molar-refractivity contribution in [3.05, 3.63) is 42.5 Å². The number of pyridine rings is 1. The zero-order valence-electron chi connectivity index (χ0n) is 12.8. The lowest BCUT2D eigenvalue weighted by Gasteiger charge is -2.11. The molecule has 0 radical (unpaired) electrons. The maximum absolute atomic E-state index is 11.9. The Morgan fingerprint density at radius 2 is 1.91 bits per heavy atom. The molecule has 0 saturated heterocycles. The van der Waals surface area contributed by atoms with Crippen LogP contribution in [0.15, 0.2) is 36.9 Å². The average Bonchev–Trinajstić information content (AvgIpc) is 2.55. The second-order valence-corrected chi connectivity index (χ2v) is 7.19. The Balaban J connectivity index is 1.96. The van der Waals surface area contributed by atoms with Crippen molar-refractivity contribution in [1.82, 2.24) is 24.6 Å². The summed E-state index contributed by atoms with van der Waals surface area (Å²) in [6.07, 6.45) is 6.06. The van der Waals surface area contributed by atoms with Gasteiger partial charge >= 0.3 is 0 Å². The van der Waals surface area contributed by atoms with E-state index in [0.717, 1.165) is 9.87 Å². The molecule has 0 unspecified atom stereocenters. The van der Waals surface area contributed by atoms with Gasteiger partial charge in [0.25, 0.3) is 5.91 Å². The van der Waals surface area contributed by atoms with Crippen molar-refractivity contribution >= 4 is 15.9 Å². The predicted molar refractivity (Wildman–Crippen MR) is 85.1 cm³/mol. The molecule has 8 nitrogen and oxygen atoms in total. The lowest BCUT2D eigenvalue weighted by Crippen LogP contribution is -2.34. The van der Waals surface area contributed by atoms with Crippen LogP contribution in [-0.4, -0.2) is 60.0 Å². The summed E-state index contributed by atoms with van der Waals surface area (Å²) in [7, 11) is -0.445. The lowest BCUT2D eigenvalue weighted by atomic mass is 10.2. The van der Waals surface area contributed by atoms with Gasteiger partial charge in [-0.2, -0.15) is 0 Å². The maximum atomic E-state index is 11.9. The minimum Gasteiger partial charge on any atom is -0.351 e. The zero-order valence-corrected chi connectivity index (χ0v) is 13.6. The van der Waals surface area contributed by atoms with Crippen LogP contribution in [0.1, 0.15) is 10.4 Å². The fourth-order valence-corrected chi connectivity index (χ4v) is 2.39. The number of hydrogen-bond donors (Lipinski definition) is 1. The third-order valence-electron chi connectivity index (χ3n) is 3.04. The van der Waals surface area contributed by atoms with Crippen LogP contribution in [0.25, 0.3) is 11.4 Å². The van der Waals surface area contributed by atoms with Gasteiger partial charge in [-0.05, 0) is 12.1 Å². The van der Waals surface area contributed by atoms with Gasteiger partial charge in [-0.15, -0.1) is 0 Å². The van der Waals surface area contributed by atoms with E-state index < -0.39 is 15.9 Å². The van der Waals surface area contributed by atoms with Gasteiger partial charge in [0.05, 0.1) is 11.3 Å². The van der Waals surface area contributed by atoms with Crippen molar-refractivity contribution in [2.45, 2.75) is 0 Å². The van der Waals surface area contributed by atoms with E-state index in [0.29, 0.717) is 5.82 Å². The first kappa shape index (κ1) is 17.0. The number of carbonyl (C=O) groups is 1. The summed E-state index contributed by atoms with van der Waals surface area (Å²) >= 11 is 0. The van der Waals surface area contributed by atoms with Gasteiger partial charge in [-0.25, -0.2) is 22.7 Å². The minimum atomic E-state index is -3.34. The molecule has 2 aromatic heterocycles. The molecule has 0 aliphatic heterocycles. The third-order valence-corrected chi connectivity index (χ3v) is 4.87. The van der Waals surface area contributed by atoms with E-state index in [1.165, 1.54) is 26.5 Å². The molecule has 0 fully saturated rings. The molecule has 0 aliphatic carbocycles. The van der Waals surface area contributed by atoms with Crippen LogP contribution in [0.2, 0.25) is 0 Å². The number of nitrogens with zero attached hydrogens (tertiary/aromatic N) is 4. The van der Waals surface area contributed by atoms with E-state index in [4.69, 9.17) is 0 Å². The van der Waals surface area contributed by atoms with Crippen molar-refractivity contribution < 1.29 is 13.2 Å². The van der Waals surface area contributed by atoms with E-state index in [9.17, 15) is 13.2 Å². The van der Waals surface area contributed by atoms with Crippen LogP contribution in [0.4, 0.5) is 0 Å². The molecule has 0 atom stereocenters. The number of amides is 1. The van der Waals surface area contributed by atoms with Crippen LogP contribution < -0.4 is 5.32 Å². The summed E-state index contributed by atoms with van der Waals surface area (Å²) in [6.45, 7) is 0.0176. The number of hydrogen-bond acceptors (Lipinski definition) is 6. The maximum Gasteiger partial charge on any atom is 0.254 e. The molecule has 23 heavy (non-hydrogen) atoms. The van der Waals surface area contributed by atoms with Gasteiger partial charge in [0, 0.05) is 51.0 Å². The second kappa shape index (κ2) is 7.25. The molecule has 2 heterocycles. The molecular weight excluding hydrogens is 318 g/mol. The summed E-state index contributed by atoms with van der Waals surface area (Å²) in [5.74, 6) is -0.123. The molecule has 0 aromatic carbocycles. The Morgan fingerprint density at radius 3 is 2.48 bits per heavy atom. The van der Waals surface area contributed by atoms with Crippen molar-refractivity contribution in [3.8, 4) is 11.4 Å². The number of rotatable bonds is 6. The van der Waals surface area contributed by atoms with Crippen molar-refractivity contribution in [2.75, 3.05) is 26.4 Å². The number of sulfonamides is 1. The summed E-state index contributed by atoms with van der Waals surface area (Å²) in [5.41, 5.74) is 1.01. The normalized spacial score (nSPS) is 11.4. The lowest BCUT2D eigenvalue weighted by molar-refractivity contribution is 0.0955. The number of aromatic nitrogens is 3. The molecule has 9 heteroatoms. The Kier molecular flexibility index (Phi) is 5.35. The molecular formula is C14H17N5O3S. The van der Waals surface area contributed by atoms with Crippen LogP contribution in [0.3, 0.4) is 0 Å². The Hall–Kier alpha value is -2.39. The van der Waals surface area contributed by atoms with E-state index in [1.54, 1.807) is 18.5 Å². The summed E-state index contributed by atoms with van der Waals surface area (Å²) < 4.78 is 24.3. The molecule has 2 aromatic rings. The molecule has 0 saturated carbocycles. The molecule has 0 bridgehead atoms. The van der Waals surface area contributed by atoms with Gasteiger partial charge in [-0.1, -0.05) is 0 Å². The van der Waals surface area contributed by atoms with Crippen molar-refractivity contribution in [3.63, 3.8) is 0 Å². The standard InChI is InChI=1S/C14H17N5O3S/c1-19(2)23(21,22)7-6-16-14(20)12-9-17-13(18-10-12)11-4-3-5-15-8-11/h3-5,8-10H,6-7H2,1-2H3,(H,16,20). The van der Waals surface area contributed by atoms with Crippen LogP contribution in [-0.2, 0) is 10.0 Å². The minimum absolute atomic E-state index is 0.0176. The Morgan fingerprint density at radius 1 is 1.22 bits per heavy atom. The van der Waals surface area contributed by atoms with E-state index >= 15 is 0 Å². The molecule has 0 spiro atoms. The largest absolute Gasteiger partial charge is 0.351 e. The van der Waals surface area contributed by atoms with Crippen LogP contribution >= 0.6 is 0 Å². The predicted octanol–water partition coefficient (Wildman–Crippen LogP) is 0.160. The molecule has 1 N–H and O–H groups in total. The monoisotopic (exact) mass is 335 g/mol. The van der Waals surface area contributed by atoms with E-state index in [-0.39, 0.29) is 17.9 Å². The average molecular weight is 335 g/mol. The SMILES string of the molecule is CN(C)S(=O)(=O)CCNC(=O)c1cnc(-c2cccnc2)nc1. The fourth-order valence-electron chi connectivity index (χ4n) is 1.67. The molecule has 122 valence electrons. The van der Waals surface area contributed by atoms with E-state index in [1.807, 2.05) is 6.07 Å². The first-order chi connectivity index (χ1) is 10.9. The molecule has 1 amide bonds. The highest BCUT2D eigenvalue weighted by Gasteiger charge is 2.14. The van der Waals surface area contributed by atoms with Gasteiger partial charge in [0.15, 0.2) is 5.82 Å². The summed E-state index contributed by atoms with van der Waals surface area (Å²) in [4.78, 5) is 24.1. The molecule has 0 aliphatic rings. The highest BCUT2D eigenvalue weighted by molar-refractivity contribution is 7.89. The summed E-state index contributed by atoms with van der Waals surface area (Å²) in [5, 5.41) is 2.53. The van der Waals surface area contributed by atoms with Gasteiger partial charge in [-0.3, -0.25) is 9.78 Å². The quantitative estimate of drug-likeness (QED) is 0.806. The topological polar surface area (TPSA) is 105 Å². The first-order valence-electron chi connectivity index (χ1n) is 6.81. The zero-order chi connectivity index (χ0) is 16.9. The van der Waals surface area contributed by atoms with Crippen molar-refractivity contribution in [1.29, 1.82) is 0 Å². The third kappa shape index (κ3) is 4.54. The molecule has 2 rings (SSSR count). The van der Waals surface area contributed by atoms with Gasteiger partial charge in [0.1, 0.15) is 0 Å². The van der Waals surface area contributed by atoms with Gasteiger partial charge < -0.3 is 5.32 Å². The first-order valence-corrected chi connectivity index (χ1v) is 8.42. The number of carbonyl (C=O) groups excluding carboxylic acids is 1. The van der Waals surface area contributed by atoms with Gasteiger partial charge in [0.2, 0.25) is 10.0 Å². The van der Waals surface area contributed by atoms with Crippen molar-refractivity contribution in [2.24, 2.45) is 0 Å². The Labute approximate surface area is 134 Å². The number of nitrogens with one attached hydrogen (secondary N) is 1. The summed E-state index contributed by atoms with van der Waals surface area (Å²) in [6, 6.07) is 3.58. The van der Waals surface area contributed by atoms with Crippen LogP contribution in [0.5, 0.6) is 0 Å². The second-order valence-electron chi connectivity index (χ2n) is 4.89. The fraction of sp³-hybridized carbons (Fsp3) is 0.286. The van der Waals surface area contributed by atoms with Crippen LogP contribution in [0, 0.1) is 0 Å². The highest BCUT2D eigenvalue weighted by Crippen LogP contribution is 2.11. The Bertz CT molecular complexity index is 761.